The lowest BCUT2D eigenvalue weighted by Crippen LogP contribution is -2.28. The van der Waals surface area contributed by atoms with Gasteiger partial charge in [-0.1, -0.05) is 36.7 Å². The van der Waals surface area contributed by atoms with Gasteiger partial charge in [-0.2, -0.15) is 0 Å². The van der Waals surface area contributed by atoms with E-state index in [-0.39, 0.29) is 5.91 Å². The van der Waals surface area contributed by atoms with Crippen LogP contribution in [0.1, 0.15) is 30.0 Å². The van der Waals surface area contributed by atoms with E-state index in [1.165, 1.54) is 0 Å². The van der Waals surface area contributed by atoms with E-state index in [9.17, 15) is 4.79 Å². The minimum atomic E-state index is -0.204. The molecule has 2 rings (SSSR count). The molecule has 0 atom stereocenters. The van der Waals surface area contributed by atoms with Gasteiger partial charge in [0.2, 0.25) is 0 Å². The minimum Gasteiger partial charge on any atom is -0.350 e. The van der Waals surface area contributed by atoms with Gasteiger partial charge in [0, 0.05) is 11.6 Å². The largest absolute Gasteiger partial charge is 0.350 e. The fourth-order valence-electron chi connectivity index (χ4n) is 1.77. The molecule has 0 saturated carbocycles. The standard InChI is InChI=1S/C14H17ClN4O/c1-9(2)8-16-14(20)13-10(3)19(18-17-13)12-6-4-5-11(15)7-12/h4-7,9H,8H2,1-3H3,(H,16,20). The van der Waals surface area contributed by atoms with E-state index in [2.05, 4.69) is 15.6 Å². The summed E-state index contributed by atoms with van der Waals surface area (Å²) in [4.78, 5) is 12.0. The van der Waals surface area contributed by atoms with E-state index < -0.39 is 0 Å². The highest BCUT2D eigenvalue weighted by atomic mass is 35.5. The molecule has 1 aromatic carbocycles. The summed E-state index contributed by atoms with van der Waals surface area (Å²) in [6, 6.07) is 7.26. The molecule has 0 aliphatic rings. The van der Waals surface area contributed by atoms with Crippen molar-refractivity contribution >= 4 is 17.5 Å². The van der Waals surface area contributed by atoms with Crippen LogP contribution in [0.4, 0.5) is 0 Å². The topological polar surface area (TPSA) is 59.8 Å². The Bertz CT molecular complexity index is 621. The maximum Gasteiger partial charge on any atom is 0.273 e. The van der Waals surface area contributed by atoms with Gasteiger partial charge in [-0.05, 0) is 31.0 Å². The quantitative estimate of drug-likeness (QED) is 0.942. The number of rotatable bonds is 4. The summed E-state index contributed by atoms with van der Waals surface area (Å²) < 4.78 is 1.61. The molecule has 0 saturated heterocycles. The third-order valence-electron chi connectivity index (χ3n) is 2.83. The SMILES string of the molecule is Cc1c(C(=O)NCC(C)C)nnn1-c1cccc(Cl)c1. The molecule has 6 heteroatoms. The zero-order chi connectivity index (χ0) is 14.7. The highest BCUT2D eigenvalue weighted by Gasteiger charge is 2.17. The second kappa shape index (κ2) is 6.05. The second-order valence-electron chi connectivity index (χ2n) is 5.02. The van der Waals surface area contributed by atoms with Crippen LogP contribution in [0, 0.1) is 12.8 Å². The first kappa shape index (κ1) is 14.5. The lowest BCUT2D eigenvalue weighted by Gasteiger charge is -2.07. The van der Waals surface area contributed by atoms with Crippen LogP contribution in [0.5, 0.6) is 0 Å². The van der Waals surface area contributed by atoms with Crippen LogP contribution < -0.4 is 5.32 Å². The van der Waals surface area contributed by atoms with Crippen molar-refractivity contribution in [3.63, 3.8) is 0 Å². The van der Waals surface area contributed by atoms with Crippen molar-refractivity contribution < 1.29 is 4.79 Å². The molecule has 1 aromatic heterocycles. The van der Waals surface area contributed by atoms with Gasteiger partial charge in [0.1, 0.15) is 0 Å². The third kappa shape index (κ3) is 3.17. The maximum absolute atomic E-state index is 12.0. The zero-order valence-electron chi connectivity index (χ0n) is 11.7. The summed E-state index contributed by atoms with van der Waals surface area (Å²) in [5.41, 5.74) is 1.81. The van der Waals surface area contributed by atoms with Crippen molar-refractivity contribution in [3.05, 3.63) is 40.7 Å². The number of hydrogen-bond acceptors (Lipinski definition) is 3. The van der Waals surface area contributed by atoms with Gasteiger partial charge in [-0.15, -0.1) is 5.10 Å². The molecular formula is C14H17ClN4O. The van der Waals surface area contributed by atoms with E-state index in [1.54, 1.807) is 16.8 Å². The molecule has 0 unspecified atom stereocenters. The average molecular weight is 293 g/mol. The van der Waals surface area contributed by atoms with Crippen molar-refractivity contribution in [2.75, 3.05) is 6.54 Å². The second-order valence-corrected chi connectivity index (χ2v) is 5.46. The van der Waals surface area contributed by atoms with Gasteiger partial charge in [-0.3, -0.25) is 4.79 Å². The van der Waals surface area contributed by atoms with Crippen LogP contribution in [0.25, 0.3) is 5.69 Å². The van der Waals surface area contributed by atoms with E-state index in [4.69, 9.17) is 11.6 Å². The lowest BCUT2D eigenvalue weighted by atomic mass is 10.2. The van der Waals surface area contributed by atoms with E-state index >= 15 is 0 Å². The Labute approximate surface area is 122 Å². The van der Waals surface area contributed by atoms with Crippen LogP contribution in [-0.4, -0.2) is 27.4 Å². The Morgan fingerprint density at radius 1 is 1.45 bits per heavy atom. The molecule has 0 radical (unpaired) electrons. The number of nitrogens with zero attached hydrogens (tertiary/aromatic N) is 3. The molecule has 20 heavy (non-hydrogen) atoms. The fourth-order valence-corrected chi connectivity index (χ4v) is 1.96. The molecule has 2 aromatic rings. The number of aromatic nitrogens is 3. The normalized spacial score (nSPS) is 10.8. The van der Waals surface area contributed by atoms with Gasteiger partial charge in [0.05, 0.1) is 11.4 Å². The first-order valence-corrected chi connectivity index (χ1v) is 6.83. The molecule has 0 fully saturated rings. The van der Waals surface area contributed by atoms with Crippen LogP contribution in [0.2, 0.25) is 5.02 Å². The summed E-state index contributed by atoms with van der Waals surface area (Å²) in [6.07, 6.45) is 0. The van der Waals surface area contributed by atoms with E-state index in [0.717, 1.165) is 5.69 Å². The predicted molar refractivity (Wildman–Crippen MR) is 78.3 cm³/mol. The number of hydrogen-bond donors (Lipinski definition) is 1. The summed E-state index contributed by atoms with van der Waals surface area (Å²) in [6.45, 7) is 6.50. The van der Waals surface area contributed by atoms with Crippen LogP contribution in [0.3, 0.4) is 0 Å². The van der Waals surface area contributed by atoms with Crippen LogP contribution in [-0.2, 0) is 0 Å². The molecule has 0 aliphatic carbocycles. The van der Waals surface area contributed by atoms with Gasteiger partial charge in [0.15, 0.2) is 5.69 Å². The number of carbonyl (C=O) groups is 1. The molecule has 1 N–H and O–H groups in total. The summed E-state index contributed by atoms with van der Waals surface area (Å²) >= 11 is 5.96. The van der Waals surface area contributed by atoms with Crippen molar-refractivity contribution in [3.8, 4) is 5.69 Å². The minimum absolute atomic E-state index is 0.204. The highest BCUT2D eigenvalue weighted by Crippen LogP contribution is 2.16. The maximum atomic E-state index is 12.0. The Hall–Kier alpha value is -1.88. The number of nitrogens with one attached hydrogen (secondary N) is 1. The Kier molecular flexibility index (Phi) is 4.39. The first-order valence-electron chi connectivity index (χ1n) is 6.45. The average Bonchev–Trinajstić information content (AvgIpc) is 2.78. The van der Waals surface area contributed by atoms with Crippen molar-refractivity contribution in [1.82, 2.24) is 20.3 Å². The van der Waals surface area contributed by atoms with Crippen LogP contribution in [0.15, 0.2) is 24.3 Å². The predicted octanol–water partition coefficient (Wildman–Crippen LogP) is 2.61. The molecule has 0 spiro atoms. The number of carbonyl (C=O) groups excluding carboxylic acids is 1. The fraction of sp³-hybridized carbons (Fsp3) is 0.357. The Morgan fingerprint density at radius 3 is 2.85 bits per heavy atom. The van der Waals surface area contributed by atoms with Gasteiger partial charge in [-0.25, -0.2) is 4.68 Å². The van der Waals surface area contributed by atoms with Gasteiger partial charge < -0.3 is 5.32 Å². The third-order valence-corrected chi connectivity index (χ3v) is 3.07. The van der Waals surface area contributed by atoms with Crippen molar-refractivity contribution in [1.29, 1.82) is 0 Å². The summed E-state index contributed by atoms with van der Waals surface area (Å²) in [5.74, 6) is 0.187. The van der Waals surface area contributed by atoms with E-state index in [0.29, 0.717) is 28.9 Å². The van der Waals surface area contributed by atoms with E-state index in [1.807, 2.05) is 32.9 Å². The smallest absolute Gasteiger partial charge is 0.273 e. The number of benzene rings is 1. The van der Waals surface area contributed by atoms with Crippen LogP contribution >= 0.6 is 11.6 Å². The number of halogens is 1. The first-order chi connectivity index (χ1) is 9.49. The van der Waals surface area contributed by atoms with Gasteiger partial charge in [0.25, 0.3) is 5.91 Å². The monoisotopic (exact) mass is 292 g/mol. The summed E-state index contributed by atoms with van der Waals surface area (Å²) in [5, 5.41) is 11.4. The van der Waals surface area contributed by atoms with Crippen molar-refractivity contribution in [2.45, 2.75) is 20.8 Å². The molecular weight excluding hydrogens is 276 g/mol. The summed E-state index contributed by atoms with van der Waals surface area (Å²) in [7, 11) is 0. The molecule has 1 amide bonds. The van der Waals surface area contributed by atoms with Gasteiger partial charge >= 0.3 is 0 Å². The molecule has 1 heterocycles. The highest BCUT2D eigenvalue weighted by molar-refractivity contribution is 6.30. The molecule has 0 bridgehead atoms. The zero-order valence-corrected chi connectivity index (χ0v) is 12.5. The Balaban J connectivity index is 2.25. The Morgan fingerprint density at radius 2 is 2.20 bits per heavy atom. The molecule has 0 aliphatic heterocycles. The molecule has 106 valence electrons. The van der Waals surface area contributed by atoms with Crippen molar-refractivity contribution in [2.24, 2.45) is 5.92 Å². The lowest BCUT2D eigenvalue weighted by molar-refractivity contribution is 0.0943. The number of amides is 1. The molecule has 5 nitrogen and oxygen atoms in total.